The summed E-state index contributed by atoms with van der Waals surface area (Å²) in [5.74, 6) is -0.221. The van der Waals surface area contributed by atoms with Crippen LogP contribution in [0, 0.1) is 5.92 Å². The van der Waals surface area contributed by atoms with Gasteiger partial charge in [0.25, 0.3) is 17.7 Å². The highest BCUT2D eigenvalue weighted by molar-refractivity contribution is 6.22. The summed E-state index contributed by atoms with van der Waals surface area (Å²) >= 11 is 0. The molecule has 5 rings (SSSR count). The second kappa shape index (κ2) is 8.09. The highest BCUT2D eigenvalue weighted by atomic mass is 16.2. The number of hydrogen-bond donors (Lipinski definition) is 0. The molecule has 2 aliphatic heterocycles. The molecule has 7 heteroatoms. The first-order valence-electron chi connectivity index (χ1n) is 11.6. The highest BCUT2D eigenvalue weighted by Gasteiger charge is 2.41. The van der Waals surface area contributed by atoms with Crippen LogP contribution in [0.2, 0.25) is 0 Å². The number of benzene rings is 1. The van der Waals surface area contributed by atoms with Crippen LogP contribution in [0.4, 0.5) is 0 Å². The number of rotatable bonds is 3. The number of carbonyl (C=O) groups is 4. The molecule has 4 amide bonds. The maximum Gasteiger partial charge on any atom is 0.261 e. The van der Waals surface area contributed by atoms with Gasteiger partial charge in [-0.15, -0.1) is 0 Å². The van der Waals surface area contributed by atoms with Gasteiger partial charge in [0.1, 0.15) is 0 Å². The van der Waals surface area contributed by atoms with Gasteiger partial charge < -0.3 is 9.80 Å². The zero-order valence-electron chi connectivity index (χ0n) is 17.8. The smallest absolute Gasteiger partial charge is 0.261 e. The normalized spacial score (nSPS) is 22.5. The molecule has 7 nitrogen and oxygen atoms in total. The third-order valence-corrected chi connectivity index (χ3v) is 7.13. The fourth-order valence-corrected chi connectivity index (χ4v) is 5.18. The van der Waals surface area contributed by atoms with Crippen LogP contribution in [0.15, 0.2) is 18.2 Å². The van der Waals surface area contributed by atoms with Crippen molar-refractivity contribution in [1.29, 1.82) is 0 Å². The van der Waals surface area contributed by atoms with E-state index in [0.717, 1.165) is 51.4 Å². The molecule has 4 aliphatic rings. The Bertz CT molecular complexity index is 933. The number of imide groups is 1. The molecule has 0 N–H and O–H groups in total. The Kier molecular flexibility index (Phi) is 5.28. The van der Waals surface area contributed by atoms with E-state index in [4.69, 9.17) is 0 Å². The lowest BCUT2D eigenvalue weighted by Crippen LogP contribution is -2.40. The fraction of sp³-hybridized carbons (Fsp3) is 0.583. The molecule has 2 heterocycles. The molecule has 1 aromatic carbocycles. The van der Waals surface area contributed by atoms with Gasteiger partial charge >= 0.3 is 0 Å². The van der Waals surface area contributed by atoms with Gasteiger partial charge in [0.05, 0.1) is 11.1 Å². The quantitative estimate of drug-likeness (QED) is 0.701. The summed E-state index contributed by atoms with van der Waals surface area (Å²) in [6.07, 6.45) is 7.67. The highest BCUT2D eigenvalue weighted by Crippen LogP contribution is 2.32. The van der Waals surface area contributed by atoms with Crippen LogP contribution in [0.25, 0.3) is 0 Å². The Labute approximate surface area is 182 Å². The summed E-state index contributed by atoms with van der Waals surface area (Å²) in [5, 5.41) is 0. The van der Waals surface area contributed by atoms with E-state index in [1.165, 1.54) is 4.90 Å². The standard InChI is InChI=1S/C24H29N3O4/c28-21(16-7-8-16)25-11-4-12-26(14-13-25)22(29)17-9-10-19-20(15-17)24(31)27(23(19)30)18-5-2-1-3-6-18/h9-10,15-16,18H,1-8,11-14H2. The van der Waals surface area contributed by atoms with Crippen molar-refractivity contribution >= 4 is 23.6 Å². The first-order valence-corrected chi connectivity index (χ1v) is 11.6. The van der Waals surface area contributed by atoms with E-state index in [9.17, 15) is 19.2 Å². The van der Waals surface area contributed by atoms with Crippen LogP contribution < -0.4 is 0 Å². The monoisotopic (exact) mass is 423 g/mol. The van der Waals surface area contributed by atoms with E-state index in [0.29, 0.717) is 42.9 Å². The minimum absolute atomic E-state index is 0.0269. The maximum absolute atomic E-state index is 13.2. The van der Waals surface area contributed by atoms with Gasteiger partial charge in [-0.2, -0.15) is 0 Å². The zero-order valence-corrected chi connectivity index (χ0v) is 17.8. The minimum Gasteiger partial charge on any atom is -0.341 e. The van der Waals surface area contributed by atoms with E-state index in [-0.39, 0.29) is 35.6 Å². The zero-order chi connectivity index (χ0) is 21.5. The number of fused-ring (bicyclic) bond motifs is 1. The van der Waals surface area contributed by atoms with Gasteiger partial charge in [-0.25, -0.2) is 0 Å². The molecule has 2 saturated carbocycles. The lowest BCUT2D eigenvalue weighted by molar-refractivity contribution is -0.132. The maximum atomic E-state index is 13.2. The molecule has 1 saturated heterocycles. The second-order valence-electron chi connectivity index (χ2n) is 9.28. The Balaban J connectivity index is 1.30. The molecule has 0 bridgehead atoms. The molecule has 0 spiro atoms. The Morgan fingerprint density at radius 1 is 0.742 bits per heavy atom. The number of hydrogen-bond acceptors (Lipinski definition) is 4. The van der Waals surface area contributed by atoms with Gasteiger partial charge in [-0.1, -0.05) is 19.3 Å². The van der Waals surface area contributed by atoms with Crippen molar-refractivity contribution in [3.05, 3.63) is 34.9 Å². The molecule has 0 unspecified atom stereocenters. The molecule has 0 aromatic heterocycles. The minimum atomic E-state index is -0.265. The van der Waals surface area contributed by atoms with Crippen LogP contribution >= 0.6 is 0 Å². The third-order valence-electron chi connectivity index (χ3n) is 7.13. The second-order valence-corrected chi connectivity index (χ2v) is 9.28. The largest absolute Gasteiger partial charge is 0.341 e. The van der Waals surface area contributed by atoms with Crippen LogP contribution in [0.3, 0.4) is 0 Å². The molecular weight excluding hydrogens is 394 g/mol. The average molecular weight is 424 g/mol. The van der Waals surface area contributed by atoms with Gasteiger partial charge in [0.15, 0.2) is 0 Å². The Morgan fingerprint density at radius 2 is 1.42 bits per heavy atom. The molecule has 0 atom stereocenters. The third kappa shape index (κ3) is 3.75. The summed E-state index contributed by atoms with van der Waals surface area (Å²) in [7, 11) is 0. The van der Waals surface area contributed by atoms with E-state index in [1.807, 2.05) is 4.90 Å². The number of nitrogens with zero attached hydrogens (tertiary/aromatic N) is 3. The van der Waals surface area contributed by atoms with Gasteiger partial charge in [0, 0.05) is 43.7 Å². The fourth-order valence-electron chi connectivity index (χ4n) is 5.18. The van der Waals surface area contributed by atoms with Crippen LogP contribution in [0.5, 0.6) is 0 Å². The van der Waals surface area contributed by atoms with E-state index in [2.05, 4.69) is 0 Å². The molecule has 31 heavy (non-hydrogen) atoms. The van der Waals surface area contributed by atoms with E-state index in [1.54, 1.807) is 23.1 Å². The summed E-state index contributed by atoms with van der Waals surface area (Å²) in [6.45, 7) is 2.33. The molecular formula is C24H29N3O4. The van der Waals surface area contributed by atoms with Crippen molar-refractivity contribution in [3.63, 3.8) is 0 Å². The van der Waals surface area contributed by atoms with Crippen molar-refractivity contribution in [3.8, 4) is 0 Å². The first-order chi connectivity index (χ1) is 15.0. The Hall–Kier alpha value is -2.70. The van der Waals surface area contributed by atoms with Crippen LogP contribution in [-0.4, -0.2) is 70.5 Å². The van der Waals surface area contributed by atoms with Gasteiger partial charge in [0.2, 0.25) is 5.91 Å². The lowest BCUT2D eigenvalue weighted by atomic mass is 9.94. The predicted octanol–water partition coefficient (Wildman–Crippen LogP) is 2.70. The number of amides is 4. The van der Waals surface area contributed by atoms with Crippen LogP contribution in [0.1, 0.15) is 82.4 Å². The molecule has 0 radical (unpaired) electrons. The van der Waals surface area contributed by atoms with E-state index >= 15 is 0 Å². The Morgan fingerprint density at radius 3 is 2.16 bits per heavy atom. The van der Waals surface area contributed by atoms with Crippen LogP contribution in [-0.2, 0) is 4.79 Å². The predicted molar refractivity (Wildman–Crippen MR) is 114 cm³/mol. The average Bonchev–Trinajstić information content (AvgIpc) is 3.63. The summed E-state index contributed by atoms with van der Waals surface area (Å²) in [5.41, 5.74) is 1.19. The van der Waals surface area contributed by atoms with Crippen molar-refractivity contribution < 1.29 is 19.2 Å². The first kappa shape index (κ1) is 20.2. The van der Waals surface area contributed by atoms with Crippen molar-refractivity contribution in [2.45, 2.75) is 57.4 Å². The van der Waals surface area contributed by atoms with E-state index < -0.39 is 0 Å². The summed E-state index contributed by atoms with van der Waals surface area (Å²) in [6, 6.07) is 4.86. The summed E-state index contributed by atoms with van der Waals surface area (Å²) in [4.78, 5) is 56.5. The molecule has 164 valence electrons. The number of carbonyl (C=O) groups excluding carboxylic acids is 4. The SMILES string of the molecule is O=C(c1ccc2c(c1)C(=O)N(C1CCCCC1)C2=O)N1CCCN(C(=O)C2CC2)CC1. The van der Waals surface area contributed by atoms with Crippen molar-refractivity contribution in [1.82, 2.24) is 14.7 Å². The molecule has 1 aromatic rings. The molecule has 2 aliphatic carbocycles. The van der Waals surface area contributed by atoms with Crippen molar-refractivity contribution in [2.75, 3.05) is 26.2 Å². The van der Waals surface area contributed by atoms with Gasteiger partial charge in [-0.3, -0.25) is 24.1 Å². The molecule has 3 fully saturated rings. The lowest BCUT2D eigenvalue weighted by Gasteiger charge is -2.29. The topological polar surface area (TPSA) is 78.0 Å². The van der Waals surface area contributed by atoms with Gasteiger partial charge in [-0.05, 0) is 50.3 Å². The van der Waals surface area contributed by atoms with Crippen molar-refractivity contribution in [2.24, 2.45) is 5.92 Å². The summed E-state index contributed by atoms with van der Waals surface area (Å²) < 4.78 is 0.